The Kier molecular flexibility index (Phi) is 3.30. The molecule has 0 radical (unpaired) electrons. The third kappa shape index (κ3) is 2.76. The highest BCUT2D eigenvalue weighted by Gasteiger charge is 2.05. The Hall–Kier alpha value is -2.01. The van der Waals surface area contributed by atoms with E-state index in [1.54, 1.807) is 18.3 Å². The number of amides is 1. The first kappa shape index (κ1) is 11.5. The number of benzene rings is 1. The molecule has 0 unspecified atom stereocenters. The zero-order valence-corrected chi connectivity index (χ0v) is 9.59. The minimum Gasteiger partial charge on any atom is -0.470 e. The van der Waals surface area contributed by atoms with Gasteiger partial charge in [0.15, 0.2) is 6.73 Å². The van der Waals surface area contributed by atoms with E-state index < -0.39 is 5.91 Å². The molecule has 1 aromatic carbocycles. The molecule has 1 amide bonds. The summed E-state index contributed by atoms with van der Waals surface area (Å²) in [6, 6.07) is 8.64. The van der Waals surface area contributed by atoms with Gasteiger partial charge in [-0.05, 0) is 18.2 Å². The molecule has 88 valence electrons. The highest BCUT2D eigenvalue weighted by atomic mass is 35.5. The molecular formula is C11H10ClN3O2. The first-order valence-corrected chi connectivity index (χ1v) is 5.25. The lowest BCUT2D eigenvalue weighted by Gasteiger charge is -2.07. The Morgan fingerprint density at radius 1 is 1.41 bits per heavy atom. The first-order chi connectivity index (χ1) is 8.16. The minimum absolute atomic E-state index is 0.164. The fraction of sp³-hybridized carbons (Fsp3) is 0.0909. The standard InChI is InChI=1S/C11H10ClN3O2/c12-8-3-1-2-4-10(8)17-7-15-6-5-9(14-15)11(13)16/h1-6H,7H2,(H2,13,16). The van der Waals surface area contributed by atoms with Gasteiger partial charge in [0, 0.05) is 6.20 Å². The largest absolute Gasteiger partial charge is 0.470 e. The van der Waals surface area contributed by atoms with Crippen LogP contribution < -0.4 is 10.5 Å². The lowest BCUT2D eigenvalue weighted by molar-refractivity contribution is 0.0993. The minimum atomic E-state index is -0.568. The van der Waals surface area contributed by atoms with Crippen LogP contribution in [0.2, 0.25) is 5.02 Å². The van der Waals surface area contributed by atoms with Gasteiger partial charge in [-0.1, -0.05) is 23.7 Å². The number of rotatable bonds is 4. The van der Waals surface area contributed by atoms with E-state index in [0.29, 0.717) is 10.8 Å². The van der Waals surface area contributed by atoms with E-state index in [2.05, 4.69) is 5.10 Å². The van der Waals surface area contributed by atoms with E-state index in [9.17, 15) is 4.79 Å². The van der Waals surface area contributed by atoms with Gasteiger partial charge in [-0.25, -0.2) is 4.68 Å². The van der Waals surface area contributed by atoms with Gasteiger partial charge in [-0.2, -0.15) is 5.10 Å². The predicted octanol–water partition coefficient (Wildman–Crippen LogP) is 1.67. The molecule has 0 aliphatic rings. The van der Waals surface area contributed by atoms with Crippen molar-refractivity contribution in [2.45, 2.75) is 6.73 Å². The molecule has 17 heavy (non-hydrogen) atoms. The molecule has 0 bridgehead atoms. The molecule has 1 heterocycles. The molecule has 1 aromatic heterocycles. The van der Waals surface area contributed by atoms with Gasteiger partial charge in [-0.15, -0.1) is 0 Å². The highest BCUT2D eigenvalue weighted by Crippen LogP contribution is 2.23. The van der Waals surface area contributed by atoms with Crippen molar-refractivity contribution in [1.82, 2.24) is 9.78 Å². The lowest BCUT2D eigenvalue weighted by atomic mass is 10.3. The molecule has 5 nitrogen and oxygen atoms in total. The molecule has 0 atom stereocenters. The van der Waals surface area contributed by atoms with Crippen LogP contribution in [0.4, 0.5) is 0 Å². The number of hydrogen-bond donors (Lipinski definition) is 1. The Bertz CT molecular complexity index is 539. The van der Waals surface area contributed by atoms with E-state index in [1.807, 2.05) is 12.1 Å². The topological polar surface area (TPSA) is 70.1 Å². The van der Waals surface area contributed by atoms with E-state index in [1.165, 1.54) is 10.7 Å². The van der Waals surface area contributed by atoms with Crippen molar-refractivity contribution in [2.75, 3.05) is 0 Å². The van der Waals surface area contributed by atoms with Crippen molar-refractivity contribution in [3.8, 4) is 5.75 Å². The Morgan fingerprint density at radius 2 is 2.18 bits per heavy atom. The van der Waals surface area contributed by atoms with Crippen LogP contribution in [-0.4, -0.2) is 15.7 Å². The van der Waals surface area contributed by atoms with Crippen LogP contribution in [-0.2, 0) is 6.73 Å². The summed E-state index contributed by atoms with van der Waals surface area (Å²) in [5.74, 6) is -0.00761. The number of hydrogen-bond acceptors (Lipinski definition) is 3. The van der Waals surface area contributed by atoms with Crippen molar-refractivity contribution in [3.63, 3.8) is 0 Å². The molecule has 0 saturated carbocycles. The fourth-order valence-corrected chi connectivity index (χ4v) is 1.45. The van der Waals surface area contributed by atoms with E-state index >= 15 is 0 Å². The monoisotopic (exact) mass is 251 g/mol. The van der Waals surface area contributed by atoms with E-state index in [0.717, 1.165) is 0 Å². The van der Waals surface area contributed by atoms with Gasteiger partial charge in [0.25, 0.3) is 5.91 Å². The number of primary amides is 1. The van der Waals surface area contributed by atoms with Gasteiger partial charge in [0.05, 0.1) is 5.02 Å². The van der Waals surface area contributed by atoms with Gasteiger partial charge in [0.2, 0.25) is 0 Å². The second-order valence-corrected chi connectivity index (χ2v) is 3.72. The molecule has 0 aliphatic carbocycles. The predicted molar refractivity (Wildman–Crippen MR) is 62.8 cm³/mol. The van der Waals surface area contributed by atoms with Crippen molar-refractivity contribution in [3.05, 3.63) is 47.2 Å². The molecule has 6 heteroatoms. The number of halogens is 1. The quantitative estimate of drug-likeness (QED) is 0.899. The fourth-order valence-electron chi connectivity index (χ4n) is 1.26. The number of nitrogens with zero attached hydrogens (tertiary/aromatic N) is 2. The van der Waals surface area contributed by atoms with Crippen molar-refractivity contribution in [1.29, 1.82) is 0 Å². The van der Waals surface area contributed by atoms with Crippen LogP contribution in [0.15, 0.2) is 36.5 Å². The maximum absolute atomic E-state index is 10.8. The summed E-state index contributed by atoms with van der Waals surface area (Å²) in [7, 11) is 0. The number of para-hydroxylation sites is 1. The normalized spacial score (nSPS) is 10.2. The second kappa shape index (κ2) is 4.88. The van der Waals surface area contributed by atoms with Crippen LogP contribution >= 0.6 is 11.6 Å². The number of carbonyl (C=O) groups is 1. The lowest BCUT2D eigenvalue weighted by Crippen LogP contribution is -2.13. The SMILES string of the molecule is NC(=O)c1ccn(COc2ccccc2Cl)n1. The van der Waals surface area contributed by atoms with Gasteiger partial charge < -0.3 is 10.5 Å². The smallest absolute Gasteiger partial charge is 0.269 e. The van der Waals surface area contributed by atoms with E-state index in [-0.39, 0.29) is 12.4 Å². The maximum Gasteiger partial charge on any atom is 0.269 e. The summed E-state index contributed by atoms with van der Waals surface area (Å²) >= 11 is 5.92. The Balaban J connectivity index is 2.02. The zero-order chi connectivity index (χ0) is 12.3. The van der Waals surface area contributed by atoms with Gasteiger partial charge in [0.1, 0.15) is 11.4 Å². The van der Waals surface area contributed by atoms with Crippen molar-refractivity contribution >= 4 is 17.5 Å². The van der Waals surface area contributed by atoms with Crippen molar-refractivity contribution < 1.29 is 9.53 Å². The zero-order valence-electron chi connectivity index (χ0n) is 8.84. The summed E-state index contributed by atoms with van der Waals surface area (Å²) in [5.41, 5.74) is 5.28. The summed E-state index contributed by atoms with van der Waals surface area (Å²) in [6.45, 7) is 0.164. The number of ether oxygens (including phenoxy) is 1. The summed E-state index contributed by atoms with van der Waals surface area (Å²) in [6.07, 6.45) is 1.61. The van der Waals surface area contributed by atoms with E-state index in [4.69, 9.17) is 22.1 Å². The first-order valence-electron chi connectivity index (χ1n) is 4.87. The third-order valence-electron chi connectivity index (χ3n) is 2.08. The number of aromatic nitrogens is 2. The molecule has 0 saturated heterocycles. The van der Waals surface area contributed by atoms with Crippen LogP contribution in [0.3, 0.4) is 0 Å². The molecule has 2 aromatic rings. The van der Waals surface area contributed by atoms with Crippen LogP contribution in [0.5, 0.6) is 5.75 Å². The van der Waals surface area contributed by atoms with Crippen molar-refractivity contribution in [2.24, 2.45) is 5.73 Å². The highest BCUT2D eigenvalue weighted by molar-refractivity contribution is 6.32. The van der Waals surface area contributed by atoms with Gasteiger partial charge in [-0.3, -0.25) is 4.79 Å². The van der Waals surface area contributed by atoms with Crippen LogP contribution in [0, 0.1) is 0 Å². The Morgan fingerprint density at radius 3 is 2.82 bits per heavy atom. The van der Waals surface area contributed by atoms with Crippen LogP contribution in [0.1, 0.15) is 10.5 Å². The molecule has 2 rings (SSSR count). The molecule has 0 fully saturated rings. The maximum atomic E-state index is 10.8. The van der Waals surface area contributed by atoms with Gasteiger partial charge >= 0.3 is 0 Å². The molecular weight excluding hydrogens is 242 g/mol. The molecule has 0 aliphatic heterocycles. The molecule has 0 spiro atoms. The molecule has 2 N–H and O–H groups in total. The average Bonchev–Trinajstić information content (AvgIpc) is 2.77. The number of carbonyl (C=O) groups excluding carboxylic acids is 1. The summed E-state index contributed by atoms with van der Waals surface area (Å²) in [4.78, 5) is 10.8. The summed E-state index contributed by atoms with van der Waals surface area (Å²) < 4.78 is 6.89. The third-order valence-corrected chi connectivity index (χ3v) is 2.39. The average molecular weight is 252 g/mol. The second-order valence-electron chi connectivity index (χ2n) is 3.31. The number of nitrogens with two attached hydrogens (primary N) is 1. The summed E-state index contributed by atoms with van der Waals surface area (Å²) in [5, 5.41) is 4.45. The van der Waals surface area contributed by atoms with Crippen LogP contribution in [0.25, 0.3) is 0 Å². The Labute approximate surface area is 103 Å².